The summed E-state index contributed by atoms with van der Waals surface area (Å²) in [4.78, 5) is 0.0395. The standard InChI is InChI=1S/C10H13ClO3S/c1-3-4-8-5-6-9(14-2)10(7-8)15(11,12)13/h5-7H,3-4H2,1-2H3. The summed E-state index contributed by atoms with van der Waals surface area (Å²) in [5, 5.41) is 0. The molecule has 5 heteroatoms. The van der Waals surface area contributed by atoms with Gasteiger partial charge in [0.2, 0.25) is 0 Å². The molecule has 0 fully saturated rings. The molecule has 0 bridgehead atoms. The number of aryl methyl sites for hydroxylation is 1. The zero-order valence-electron chi connectivity index (χ0n) is 8.66. The maximum absolute atomic E-state index is 11.3. The lowest BCUT2D eigenvalue weighted by Crippen LogP contribution is -1.97. The van der Waals surface area contributed by atoms with Crippen molar-refractivity contribution in [1.29, 1.82) is 0 Å². The molecule has 1 aromatic rings. The quantitative estimate of drug-likeness (QED) is 0.770. The fourth-order valence-corrected chi connectivity index (χ4v) is 2.40. The first-order chi connectivity index (χ1) is 6.99. The summed E-state index contributed by atoms with van der Waals surface area (Å²) >= 11 is 0. The molecule has 0 amide bonds. The molecule has 1 aromatic carbocycles. The number of hydrogen-bond acceptors (Lipinski definition) is 3. The third-order valence-corrected chi connectivity index (χ3v) is 3.37. The average molecular weight is 249 g/mol. The second-order valence-electron chi connectivity index (χ2n) is 3.17. The Morgan fingerprint density at radius 1 is 1.40 bits per heavy atom. The van der Waals surface area contributed by atoms with E-state index < -0.39 is 9.05 Å². The summed E-state index contributed by atoms with van der Waals surface area (Å²) in [7, 11) is 2.98. The van der Waals surface area contributed by atoms with Gasteiger partial charge in [0.15, 0.2) is 0 Å². The number of rotatable bonds is 4. The summed E-state index contributed by atoms with van der Waals surface area (Å²) in [6.45, 7) is 2.03. The number of hydrogen-bond donors (Lipinski definition) is 0. The van der Waals surface area contributed by atoms with Crippen LogP contribution in [0.5, 0.6) is 5.75 Å². The summed E-state index contributed by atoms with van der Waals surface area (Å²) in [5.74, 6) is 0.282. The van der Waals surface area contributed by atoms with Gasteiger partial charge in [-0.2, -0.15) is 0 Å². The van der Waals surface area contributed by atoms with Crippen LogP contribution >= 0.6 is 10.7 Å². The smallest absolute Gasteiger partial charge is 0.264 e. The Labute approximate surface area is 94.4 Å². The number of methoxy groups -OCH3 is 1. The largest absolute Gasteiger partial charge is 0.495 e. The van der Waals surface area contributed by atoms with Gasteiger partial charge >= 0.3 is 0 Å². The predicted molar refractivity (Wildman–Crippen MR) is 60.0 cm³/mol. The Balaban J connectivity index is 3.26. The van der Waals surface area contributed by atoms with Crippen molar-refractivity contribution >= 4 is 19.7 Å². The lowest BCUT2D eigenvalue weighted by Gasteiger charge is -2.07. The Bertz CT molecular complexity index is 440. The van der Waals surface area contributed by atoms with Crippen LogP contribution in [0.2, 0.25) is 0 Å². The highest BCUT2D eigenvalue weighted by atomic mass is 35.7. The maximum Gasteiger partial charge on any atom is 0.264 e. The van der Waals surface area contributed by atoms with Crippen LogP contribution in [-0.4, -0.2) is 15.5 Å². The monoisotopic (exact) mass is 248 g/mol. The number of ether oxygens (including phenoxy) is 1. The van der Waals surface area contributed by atoms with E-state index in [-0.39, 0.29) is 10.6 Å². The zero-order valence-corrected chi connectivity index (χ0v) is 10.2. The minimum absolute atomic E-state index is 0.0395. The molecule has 0 saturated carbocycles. The molecule has 0 aliphatic rings. The van der Waals surface area contributed by atoms with Gasteiger partial charge in [-0.3, -0.25) is 0 Å². The van der Waals surface area contributed by atoms with E-state index in [0.29, 0.717) is 0 Å². The minimum atomic E-state index is -3.74. The molecule has 0 aromatic heterocycles. The van der Waals surface area contributed by atoms with Crippen molar-refractivity contribution in [2.45, 2.75) is 24.7 Å². The molecule has 0 aliphatic heterocycles. The van der Waals surface area contributed by atoms with Crippen LogP contribution in [0.1, 0.15) is 18.9 Å². The van der Waals surface area contributed by atoms with Gasteiger partial charge in [0.25, 0.3) is 9.05 Å². The van der Waals surface area contributed by atoms with Crippen molar-refractivity contribution in [1.82, 2.24) is 0 Å². The molecule has 3 nitrogen and oxygen atoms in total. The Morgan fingerprint density at radius 2 is 2.07 bits per heavy atom. The van der Waals surface area contributed by atoms with Crippen molar-refractivity contribution in [3.8, 4) is 5.75 Å². The SMILES string of the molecule is CCCc1ccc(OC)c(S(=O)(=O)Cl)c1. The zero-order chi connectivity index (χ0) is 11.5. The summed E-state index contributed by atoms with van der Waals surface area (Å²) in [5.41, 5.74) is 0.942. The van der Waals surface area contributed by atoms with Gasteiger partial charge in [-0.1, -0.05) is 19.4 Å². The second kappa shape index (κ2) is 4.86. The lowest BCUT2D eigenvalue weighted by molar-refractivity contribution is 0.403. The third-order valence-electron chi connectivity index (χ3n) is 2.03. The van der Waals surface area contributed by atoms with E-state index in [9.17, 15) is 8.42 Å². The molecule has 0 radical (unpaired) electrons. The van der Waals surface area contributed by atoms with E-state index >= 15 is 0 Å². The highest BCUT2D eigenvalue weighted by Crippen LogP contribution is 2.28. The van der Waals surface area contributed by atoms with Gasteiger partial charge in [-0.05, 0) is 24.1 Å². The third kappa shape index (κ3) is 3.11. The molecule has 1 rings (SSSR count). The van der Waals surface area contributed by atoms with E-state index in [4.69, 9.17) is 15.4 Å². The van der Waals surface area contributed by atoms with Crippen LogP contribution in [0.3, 0.4) is 0 Å². The molecule has 84 valence electrons. The van der Waals surface area contributed by atoms with E-state index in [1.54, 1.807) is 12.1 Å². The van der Waals surface area contributed by atoms with Crippen LogP contribution in [0.25, 0.3) is 0 Å². The molecular weight excluding hydrogens is 236 g/mol. The lowest BCUT2D eigenvalue weighted by atomic mass is 10.1. The normalized spacial score (nSPS) is 11.4. The van der Waals surface area contributed by atoms with Crippen molar-refractivity contribution in [2.75, 3.05) is 7.11 Å². The molecule has 0 N–H and O–H groups in total. The van der Waals surface area contributed by atoms with Crippen molar-refractivity contribution in [2.24, 2.45) is 0 Å². The molecule has 0 spiro atoms. The summed E-state index contributed by atoms with van der Waals surface area (Å²) in [6, 6.07) is 5.03. The van der Waals surface area contributed by atoms with Gasteiger partial charge in [0.05, 0.1) is 7.11 Å². The first-order valence-corrected chi connectivity index (χ1v) is 6.91. The first kappa shape index (κ1) is 12.3. The molecular formula is C10H13ClO3S. The Morgan fingerprint density at radius 3 is 2.53 bits per heavy atom. The highest BCUT2D eigenvalue weighted by Gasteiger charge is 2.16. The van der Waals surface area contributed by atoms with Crippen molar-refractivity contribution < 1.29 is 13.2 Å². The summed E-state index contributed by atoms with van der Waals surface area (Å²) in [6.07, 6.45) is 1.78. The van der Waals surface area contributed by atoms with Gasteiger partial charge < -0.3 is 4.74 Å². The van der Waals surface area contributed by atoms with E-state index in [0.717, 1.165) is 18.4 Å². The Kier molecular flexibility index (Phi) is 3.99. The average Bonchev–Trinajstić information content (AvgIpc) is 2.17. The van der Waals surface area contributed by atoms with Gasteiger partial charge in [0, 0.05) is 10.7 Å². The topological polar surface area (TPSA) is 43.4 Å². The van der Waals surface area contributed by atoms with Crippen LogP contribution < -0.4 is 4.74 Å². The molecule has 15 heavy (non-hydrogen) atoms. The first-order valence-electron chi connectivity index (χ1n) is 4.60. The molecule has 0 aliphatic carbocycles. The van der Waals surface area contributed by atoms with Crippen LogP contribution in [0.4, 0.5) is 0 Å². The fraction of sp³-hybridized carbons (Fsp3) is 0.400. The van der Waals surface area contributed by atoms with Gasteiger partial charge in [0.1, 0.15) is 10.6 Å². The van der Waals surface area contributed by atoms with E-state index in [1.807, 2.05) is 13.0 Å². The molecule has 0 heterocycles. The Hall–Kier alpha value is -0.740. The van der Waals surface area contributed by atoms with Crippen LogP contribution in [0.15, 0.2) is 23.1 Å². The minimum Gasteiger partial charge on any atom is -0.495 e. The number of benzene rings is 1. The molecule has 0 saturated heterocycles. The van der Waals surface area contributed by atoms with Crippen LogP contribution in [-0.2, 0) is 15.5 Å². The predicted octanol–water partition coefficient (Wildman–Crippen LogP) is 2.58. The fourth-order valence-electron chi connectivity index (χ4n) is 1.36. The van der Waals surface area contributed by atoms with Gasteiger partial charge in [-0.25, -0.2) is 8.42 Å². The molecule has 0 unspecified atom stereocenters. The summed E-state index contributed by atoms with van der Waals surface area (Å²) < 4.78 is 27.5. The molecule has 0 atom stereocenters. The second-order valence-corrected chi connectivity index (χ2v) is 5.71. The maximum atomic E-state index is 11.3. The van der Waals surface area contributed by atoms with E-state index in [2.05, 4.69) is 0 Å². The van der Waals surface area contributed by atoms with Gasteiger partial charge in [-0.15, -0.1) is 0 Å². The van der Waals surface area contributed by atoms with Crippen molar-refractivity contribution in [3.05, 3.63) is 23.8 Å². The van der Waals surface area contributed by atoms with Crippen LogP contribution in [0, 0.1) is 0 Å². The van der Waals surface area contributed by atoms with Crippen molar-refractivity contribution in [3.63, 3.8) is 0 Å². The number of halogens is 1. The van der Waals surface area contributed by atoms with E-state index in [1.165, 1.54) is 7.11 Å². The highest BCUT2D eigenvalue weighted by molar-refractivity contribution is 8.13.